The van der Waals surface area contributed by atoms with Crippen LogP contribution in [0.25, 0.3) is 0 Å². The Morgan fingerprint density at radius 1 is 0.217 bits per heavy atom. The molecule has 60 heavy (non-hydrogen) atoms. The van der Waals surface area contributed by atoms with E-state index in [1.165, 1.54) is 0 Å². The van der Waals surface area contributed by atoms with Crippen LogP contribution in [0.4, 0.5) is 162 Å². The van der Waals surface area contributed by atoms with Gasteiger partial charge < -0.3 is 4.55 Å². The van der Waals surface area contributed by atoms with E-state index in [1.54, 1.807) is 0 Å². The topological polar surface area (TPSA) is 57.2 Å². The van der Waals surface area contributed by atoms with Gasteiger partial charge in [-0.25, -0.2) is 8.42 Å². The van der Waals surface area contributed by atoms with Crippen LogP contribution in [0.15, 0.2) is 0 Å². The van der Waals surface area contributed by atoms with E-state index < -0.39 is 116 Å². The van der Waals surface area contributed by atoms with Crippen LogP contribution < -0.4 is 18.9 Å². The first-order valence-electron chi connectivity index (χ1n) is 11.9. The quantitative estimate of drug-likeness (QED) is 0.0849. The molecule has 0 amide bonds. The maximum atomic E-state index is 13.9. The van der Waals surface area contributed by atoms with Crippen molar-refractivity contribution in [1.82, 2.24) is 0 Å². The van der Waals surface area contributed by atoms with Crippen molar-refractivity contribution in [2.45, 2.75) is 106 Å². The minimum Gasteiger partial charge on any atom is -0.743 e. The van der Waals surface area contributed by atoms with Crippen molar-refractivity contribution in [2.75, 3.05) is 0 Å². The number of halogens is 37. The smallest absolute Gasteiger partial charge is 0.743 e. The first kappa shape index (κ1) is 60.0. The minimum atomic E-state index is -10.5. The van der Waals surface area contributed by atoms with E-state index >= 15 is 0 Å². The van der Waals surface area contributed by atoms with Crippen molar-refractivity contribution in [3.8, 4) is 0 Å². The van der Waals surface area contributed by atoms with Gasteiger partial charge in [0, 0.05) is 0 Å². The molecule has 356 valence electrons. The fourth-order valence-corrected chi connectivity index (χ4v) is 3.72. The summed E-state index contributed by atoms with van der Waals surface area (Å²) in [5.74, 6) is -161. The zero-order chi connectivity index (χ0) is 49.5. The Kier molecular flexibility index (Phi) is 14.2. The van der Waals surface area contributed by atoms with Gasteiger partial charge in [-0.15, -0.1) is 0 Å². The Balaban J connectivity index is 0. The van der Waals surface area contributed by atoms with E-state index in [2.05, 4.69) is 0 Å². The Labute approximate surface area is 311 Å². The molecule has 0 saturated carbocycles. The molecule has 0 aromatic rings. The van der Waals surface area contributed by atoms with Crippen LogP contribution in [0, 0.1) is 0 Å². The molecule has 0 aliphatic heterocycles. The van der Waals surface area contributed by atoms with Crippen LogP contribution in [-0.2, 0) is 10.1 Å². The molecule has 42 heteroatoms. The van der Waals surface area contributed by atoms with Gasteiger partial charge in [-0.05, 0) is 0 Å². The second-order valence-electron chi connectivity index (χ2n) is 10.7. The van der Waals surface area contributed by atoms with E-state index in [0.29, 0.717) is 0 Å². The van der Waals surface area contributed by atoms with Crippen LogP contribution in [0.5, 0.6) is 0 Å². The van der Waals surface area contributed by atoms with Gasteiger partial charge in [0.05, 0.1) is 0 Å². The molecule has 0 aliphatic carbocycles. The largest absolute Gasteiger partial charge is 1.00 e. The summed E-state index contributed by atoms with van der Waals surface area (Å²) in [4.78, 5) is 0. The van der Waals surface area contributed by atoms with Gasteiger partial charge in [-0.2, -0.15) is 162 Å². The van der Waals surface area contributed by atoms with Crippen LogP contribution in [0.1, 0.15) is 0 Å². The maximum Gasteiger partial charge on any atom is 1.00 e. The third-order valence-corrected chi connectivity index (χ3v) is 7.83. The second kappa shape index (κ2) is 14.2. The van der Waals surface area contributed by atoms with Gasteiger partial charge in [0.2, 0.25) is 0 Å². The van der Waals surface area contributed by atoms with E-state index in [0.717, 1.165) is 0 Å². The number of hydrogen-bond acceptors (Lipinski definition) is 3. The third-order valence-electron chi connectivity index (χ3n) is 6.95. The summed E-state index contributed by atoms with van der Waals surface area (Å²) in [6, 6.07) is 0. The molecule has 0 saturated heterocycles. The predicted molar refractivity (Wildman–Crippen MR) is 99.9 cm³/mol. The van der Waals surface area contributed by atoms with Gasteiger partial charge >= 0.3 is 125 Å². The average Bonchev–Trinajstić information content (AvgIpc) is 2.98. The van der Waals surface area contributed by atoms with Crippen molar-refractivity contribution < 1.29 is 194 Å². The van der Waals surface area contributed by atoms with Crippen molar-refractivity contribution in [3.63, 3.8) is 0 Å². The monoisotopic (exact) mass is 1010 g/mol. The van der Waals surface area contributed by atoms with E-state index in [1.807, 2.05) is 0 Å². The first-order chi connectivity index (χ1) is 24.5. The summed E-state index contributed by atoms with van der Waals surface area (Å²) in [6.07, 6.45) is -8.49. The van der Waals surface area contributed by atoms with Crippen LogP contribution >= 0.6 is 0 Å². The summed E-state index contributed by atoms with van der Waals surface area (Å²) in [7, 11) is -8.77. The maximum absolute atomic E-state index is 13.9. The fourth-order valence-electron chi connectivity index (χ4n) is 3.28. The average molecular weight is 1010 g/mol. The molecule has 0 rings (SSSR count). The summed E-state index contributed by atoms with van der Waals surface area (Å²) in [5, 5.41) is -8.62. The van der Waals surface area contributed by atoms with Crippen molar-refractivity contribution in [1.29, 1.82) is 0 Å². The molecular weight excluding hydrogens is 1010 g/mol. The Hall–Kier alpha value is -2.08. The molecule has 0 aliphatic rings. The van der Waals surface area contributed by atoms with Gasteiger partial charge in [0.1, 0.15) is 0 Å². The standard InChI is InChI=1S/C18HF37O3S.Li/c19-1(20,3(23,24)5(27,28)7(31,32)9(35,36)11(39,40)13(43,44)15(47,48)17(51,52)53)2(21,22)4(25,26)6(29,30)8(33,34)10(37,38)12(41,42)14(45,46)16(49,50)18(54,55)59(56,57)58;/h(H,56,57,58);/q;+1/p-1. The molecule has 3 nitrogen and oxygen atoms in total. The molecule has 0 aromatic heterocycles. The van der Waals surface area contributed by atoms with Gasteiger partial charge in [-0.3, -0.25) is 0 Å². The number of alkyl halides is 37. The molecule has 0 spiro atoms. The second-order valence-corrected chi connectivity index (χ2v) is 12.1. The molecule has 0 heterocycles. The molecule has 0 aromatic carbocycles. The number of rotatable bonds is 17. The minimum absolute atomic E-state index is 0. The number of hydrogen-bond donors (Lipinski definition) is 0. The first-order valence-corrected chi connectivity index (χ1v) is 13.4. The molecule has 0 radical (unpaired) electrons. The molecule has 0 fully saturated rings. The van der Waals surface area contributed by atoms with Crippen LogP contribution in [0.3, 0.4) is 0 Å². The van der Waals surface area contributed by atoms with Crippen LogP contribution in [-0.4, -0.2) is 119 Å². The Morgan fingerprint density at radius 3 is 0.417 bits per heavy atom. The van der Waals surface area contributed by atoms with E-state index in [-0.39, 0.29) is 18.9 Å². The van der Waals surface area contributed by atoms with Crippen molar-refractivity contribution in [3.05, 3.63) is 0 Å². The molecule has 0 N–H and O–H groups in total. The van der Waals surface area contributed by atoms with Gasteiger partial charge in [0.25, 0.3) is 0 Å². The zero-order valence-electron chi connectivity index (χ0n) is 25.6. The molecule has 0 bridgehead atoms. The molecular formula is C18F37LiO3S. The van der Waals surface area contributed by atoms with Crippen molar-refractivity contribution in [2.24, 2.45) is 0 Å². The van der Waals surface area contributed by atoms with Crippen molar-refractivity contribution >= 4 is 10.1 Å². The predicted octanol–water partition coefficient (Wildman–Crippen LogP) is 7.86. The zero-order valence-corrected chi connectivity index (χ0v) is 26.4. The summed E-state index contributed by atoms with van der Waals surface area (Å²) < 4.78 is 528. The van der Waals surface area contributed by atoms with Crippen LogP contribution in [0.2, 0.25) is 0 Å². The summed E-state index contributed by atoms with van der Waals surface area (Å²) >= 11 is 0. The Bertz CT molecular complexity index is 1690. The summed E-state index contributed by atoms with van der Waals surface area (Å²) in [5.41, 5.74) is 0. The van der Waals surface area contributed by atoms with Gasteiger partial charge in [-0.1, -0.05) is 0 Å². The molecule has 0 unspecified atom stereocenters. The van der Waals surface area contributed by atoms with E-state index in [9.17, 15) is 175 Å². The third kappa shape index (κ3) is 6.59. The SMILES string of the molecule is O=S(=O)([O-])C(F)(F)C(F)(F)C(F)(F)C(F)(F)C(F)(F)C(F)(F)C(F)(F)C(F)(F)C(F)(F)C(F)(F)C(F)(F)C(F)(F)C(F)(F)C(F)(F)C(F)(F)C(F)(F)C(F)(F)C(F)(F)F.[Li+]. The Morgan fingerprint density at radius 2 is 0.317 bits per heavy atom. The van der Waals surface area contributed by atoms with E-state index in [4.69, 9.17) is 0 Å². The fraction of sp³-hybridized carbons (Fsp3) is 1.00. The summed E-state index contributed by atoms with van der Waals surface area (Å²) in [6.45, 7) is 0. The normalized spacial score (nSPS) is 17.2. The molecule has 0 atom stereocenters. The van der Waals surface area contributed by atoms with Gasteiger partial charge in [0.15, 0.2) is 10.1 Å².